The number of hydrogen-bond donors (Lipinski definition) is 0. The molecule has 0 N–H and O–H groups in total. The van der Waals surface area contributed by atoms with Crippen molar-refractivity contribution in [3.63, 3.8) is 0 Å². The van der Waals surface area contributed by atoms with Crippen LogP contribution in [0.3, 0.4) is 0 Å². The van der Waals surface area contributed by atoms with Crippen LogP contribution in [0.25, 0.3) is 22.0 Å². The number of allylic oxidation sites excluding steroid dienone is 2. The van der Waals surface area contributed by atoms with E-state index in [1.807, 2.05) is 66.7 Å². The van der Waals surface area contributed by atoms with Gasteiger partial charge in [0.25, 0.3) is 0 Å². The van der Waals surface area contributed by atoms with Crippen molar-refractivity contribution in [2.75, 3.05) is 7.11 Å². The van der Waals surface area contributed by atoms with Crippen LogP contribution in [-0.2, 0) is 14.9 Å². The molecule has 0 saturated heterocycles. The molecular weight excluding hydrogens is 469 g/mol. The molecule has 142 valence electrons. The normalized spacial score (nSPS) is 16.6. The van der Waals surface area contributed by atoms with Gasteiger partial charge in [0.2, 0.25) is 0 Å². The van der Waals surface area contributed by atoms with Crippen LogP contribution in [0, 0.1) is 0 Å². The summed E-state index contributed by atoms with van der Waals surface area (Å²) >= 11 is 1.85. The summed E-state index contributed by atoms with van der Waals surface area (Å²) in [5, 5.41) is 5.11. The van der Waals surface area contributed by atoms with Crippen molar-refractivity contribution in [3.05, 3.63) is 71.9 Å². The standard InChI is InChI=1S/C21H18IN3O3/c1-25-12-17(11-24-25)16-6-14-5-13(3-4-20(14)23-10-16)21(26)15-7-18(27-2)9-19(8-15)28-22/h3-8,10-12,19H,9H2,1-2H3. The van der Waals surface area contributed by atoms with Crippen LogP contribution in [-0.4, -0.2) is 33.8 Å². The SMILES string of the molecule is COC1=CC(C(=O)c2ccc3ncc(-c4cnn(C)c4)cc3c2)=CC(OI)C1. The predicted molar refractivity (Wildman–Crippen MR) is 115 cm³/mol. The summed E-state index contributed by atoms with van der Waals surface area (Å²) in [4.78, 5) is 17.6. The van der Waals surface area contributed by atoms with Crippen LogP contribution in [0.2, 0.25) is 0 Å². The Morgan fingerprint density at radius 3 is 2.82 bits per heavy atom. The van der Waals surface area contributed by atoms with Gasteiger partial charge in [0.1, 0.15) is 23.0 Å². The lowest BCUT2D eigenvalue weighted by atomic mass is 9.95. The molecule has 28 heavy (non-hydrogen) atoms. The Morgan fingerprint density at radius 1 is 1.25 bits per heavy atom. The first-order chi connectivity index (χ1) is 13.6. The maximum absolute atomic E-state index is 13.1. The third-order valence-corrected chi connectivity index (χ3v) is 5.36. The van der Waals surface area contributed by atoms with Gasteiger partial charge in [-0.1, -0.05) is 0 Å². The fourth-order valence-electron chi connectivity index (χ4n) is 3.25. The van der Waals surface area contributed by atoms with Gasteiger partial charge in [-0.15, -0.1) is 0 Å². The Kier molecular flexibility index (Phi) is 5.27. The highest BCUT2D eigenvalue weighted by molar-refractivity contribution is 14.1. The number of rotatable bonds is 5. The van der Waals surface area contributed by atoms with Crippen LogP contribution >= 0.6 is 23.0 Å². The zero-order valence-corrected chi connectivity index (χ0v) is 17.6. The van der Waals surface area contributed by atoms with Gasteiger partial charge in [-0.25, -0.2) is 0 Å². The summed E-state index contributed by atoms with van der Waals surface area (Å²) < 4.78 is 12.5. The fraction of sp³-hybridized carbons (Fsp3) is 0.190. The van der Waals surface area contributed by atoms with Crippen LogP contribution in [0.1, 0.15) is 16.8 Å². The van der Waals surface area contributed by atoms with E-state index in [4.69, 9.17) is 7.80 Å². The quantitative estimate of drug-likeness (QED) is 0.394. The number of methoxy groups -OCH3 is 1. The molecule has 0 radical (unpaired) electrons. The van der Waals surface area contributed by atoms with Gasteiger partial charge in [0.05, 0.1) is 30.7 Å². The van der Waals surface area contributed by atoms with Crippen LogP contribution in [0.4, 0.5) is 0 Å². The first-order valence-electron chi connectivity index (χ1n) is 8.74. The van der Waals surface area contributed by atoms with E-state index < -0.39 is 0 Å². The molecule has 1 aromatic carbocycles. The summed E-state index contributed by atoms with van der Waals surface area (Å²) in [5.74, 6) is 0.662. The van der Waals surface area contributed by atoms with Crippen molar-refractivity contribution in [1.82, 2.24) is 14.8 Å². The third kappa shape index (κ3) is 3.72. The molecule has 0 fully saturated rings. The topological polar surface area (TPSA) is 66.2 Å². The minimum absolute atomic E-state index is 0.0682. The number of Topliss-reactive ketones (excluding diaryl/α,β-unsaturated/α-hetero) is 1. The van der Waals surface area contributed by atoms with Crippen molar-refractivity contribution in [2.45, 2.75) is 12.5 Å². The molecule has 0 saturated carbocycles. The largest absolute Gasteiger partial charge is 0.501 e. The molecule has 1 aliphatic carbocycles. The maximum Gasteiger partial charge on any atom is 0.192 e. The molecule has 2 heterocycles. The molecular formula is C21H18IN3O3. The van der Waals surface area contributed by atoms with Gasteiger partial charge in [0, 0.05) is 53.5 Å². The monoisotopic (exact) mass is 487 g/mol. The number of carbonyl (C=O) groups excluding carboxylic acids is 1. The van der Waals surface area contributed by atoms with Crippen molar-refractivity contribution >= 4 is 39.7 Å². The number of ketones is 1. The Balaban J connectivity index is 1.71. The minimum Gasteiger partial charge on any atom is -0.501 e. The van der Waals surface area contributed by atoms with Gasteiger partial charge >= 0.3 is 0 Å². The zero-order chi connectivity index (χ0) is 19.7. The lowest BCUT2D eigenvalue weighted by Gasteiger charge is -2.18. The average molecular weight is 487 g/mol. The molecule has 1 aliphatic rings. The highest BCUT2D eigenvalue weighted by Crippen LogP contribution is 2.27. The number of benzene rings is 1. The van der Waals surface area contributed by atoms with E-state index in [1.54, 1.807) is 30.1 Å². The summed E-state index contributed by atoms with van der Waals surface area (Å²) in [5.41, 5.74) is 3.95. The van der Waals surface area contributed by atoms with Crippen LogP contribution < -0.4 is 0 Å². The van der Waals surface area contributed by atoms with E-state index in [2.05, 4.69) is 10.1 Å². The molecule has 0 bridgehead atoms. The second-order valence-electron chi connectivity index (χ2n) is 6.63. The van der Waals surface area contributed by atoms with Gasteiger partial charge in [-0.3, -0.25) is 14.5 Å². The summed E-state index contributed by atoms with van der Waals surface area (Å²) in [7, 11) is 3.48. The zero-order valence-electron chi connectivity index (χ0n) is 15.4. The number of pyridine rings is 1. The number of carbonyl (C=O) groups is 1. The Morgan fingerprint density at radius 2 is 2.11 bits per heavy atom. The molecule has 1 atom stereocenters. The number of fused-ring (bicyclic) bond motifs is 1. The van der Waals surface area contributed by atoms with E-state index in [9.17, 15) is 4.79 Å². The number of halogens is 1. The molecule has 2 aromatic heterocycles. The average Bonchev–Trinajstić information content (AvgIpc) is 3.18. The van der Waals surface area contributed by atoms with E-state index in [0.717, 1.165) is 27.8 Å². The number of nitrogens with zero attached hydrogens (tertiary/aromatic N) is 3. The summed E-state index contributed by atoms with van der Waals surface area (Å²) in [6, 6.07) is 7.57. The van der Waals surface area contributed by atoms with E-state index >= 15 is 0 Å². The third-order valence-electron chi connectivity index (χ3n) is 4.70. The molecule has 6 nitrogen and oxygen atoms in total. The lowest BCUT2D eigenvalue weighted by Crippen LogP contribution is -2.15. The van der Waals surface area contributed by atoms with Gasteiger partial charge in [-0.05, 0) is 36.4 Å². The number of hydrogen-bond acceptors (Lipinski definition) is 5. The summed E-state index contributed by atoms with van der Waals surface area (Å²) in [6.45, 7) is 0. The summed E-state index contributed by atoms with van der Waals surface area (Å²) in [6.07, 6.45) is 9.61. The molecule has 0 aliphatic heterocycles. The number of aromatic nitrogens is 3. The number of aryl methyl sites for hydroxylation is 1. The van der Waals surface area contributed by atoms with Gasteiger partial charge in [-0.2, -0.15) is 5.10 Å². The van der Waals surface area contributed by atoms with E-state index in [0.29, 0.717) is 17.6 Å². The molecule has 3 aromatic rings. The first-order valence-corrected chi connectivity index (χ1v) is 9.63. The van der Waals surface area contributed by atoms with E-state index in [1.165, 1.54) is 0 Å². The molecule has 0 spiro atoms. The predicted octanol–water partition coefficient (Wildman–Crippen LogP) is 4.41. The van der Waals surface area contributed by atoms with Crippen LogP contribution in [0.15, 0.2) is 66.3 Å². The molecule has 4 rings (SSSR count). The van der Waals surface area contributed by atoms with Crippen molar-refractivity contribution in [3.8, 4) is 11.1 Å². The Bertz CT molecular complexity index is 1120. The van der Waals surface area contributed by atoms with Crippen LogP contribution in [0.5, 0.6) is 0 Å². The number of ether oxygens (including phenoxy) is 1. The minimum atomic E-state index is -0.182. The Labute approximate surface area is 176 Å². The second-order valence-corrected chi connectivity index (χ2v) is 7.14. The fourth-order valence-corrected chi connectivity index (χ4v) is 3.57. The molecule has 7 heteroatoms. The van der Waals surface area contributed by atoms with Crippen molar-refractivity contribution in [2.24, 2.45) is 7.05 Å². The van der Waals surface area contributed by atoms with Crippen molar-refractivity contribution < 1.29 is 12.6 Å². The highest BCUT2D eigenvalue weighted by Gasteiger charge is 2.21. The lowest BCUT2D eigenvalue weighted by molar-refractivity contribution is 0.103. The van der Waals surface area contributed by atoms with E-state index in [-0.39, 0.29) is 11.9 Å². The van der Waals surface area contributed by atoms with Gasteiger partial charge < -0.3 is 7.80 Å². The smallest absolute Gasteiger partial charge is 0.192 e. The van der Waals surface area contributed by atoms with Crippen molar-refractivity contribution in [1.29, 1.82) is 0 Å². The highest BCUT2D eigenvalue weighted by atomic mass is 127. The molecule has 0 amide bonds. The Hall–Kier alpha value is -2.52. The second kappa shape index (κ2) is 7.84. The van der Waals surface area contributed by atoms with Gasteiger partial charge in [0.15, 0.2) is 5.78 Å². The maximum atomic E-state index is 13.1. The first kappa shape index (κ1) is 18.8. The molecule has 1 unspecified atom stereocenters.